The van der Waals surface area contributed by atoms with E-state index in [1.807, 2.05) is 12.1 Å². The van der Waals surface area contributed by atoms with E-state index in [-0.39, 0.29) is 0 Å². The fraction of sp³-hybridized carbons (Fsp3) is 0.478. The van der Waals surface area contributed by atoms with Crippen molar-refractivity contribution in [2.24, 2.45) is 0 Å². The number of fused-ring (bicyclic) bond motifs is 1. The Morgan fingerprint density at radius 3 is 2.38 bits per heavy atom. The number of hydrogen-bond acceptors (Lipinski definition) is 1. The fourth-order valence-corrected chi connectivity index (χ4v) is 4.36. The lowest BCUT2D eigenvalue weighted by molar-refractivity contribution is 0.490. The highest BCUT2D eigenvalue weighted by molar-refractivity contribution is 6.42. The Kier molecular flexibility index (Phi) is 7.42. The number of rotatable bonds is 9. The molecule has 0 unspecified atom stereocenters. The van der Waals surface area contributed by atoms with Gasteiger partial charge in [-0.3, -0.25) is 0 Å². The summed E-state index contributed by atoms with van der Waals surface area (Å²) >= 11 is 12.4. The molecule has 2 atom stereocenters. The van der Waals surface area contributed by atoms with Crippen molar-refractivity contribution in [3.8, 4) is 0 Å². The van der Waals surface area contributed by atoms with Gasteiger partial charge in [-0.25, -0.2) is 0 Å². The summed E-state index contributed by atoms with van der Waals surface area (Å²) < 4.78 is 0. The van der Waals surface area contributed by atoms with Crippen molar-refractivity contribution in [3.63, 3.8) is 0 Å². The third kappa shape index (κ3) is 4.82. The molecular weight excluding hydrogens is 361 g/mol. The molecule has 26 heavy (non-hydrogen) atoms. The summed E-state index contributed by atoms with van der Waals surface area (Å²) in [5, 5.41) is 5.06. The average Bonchev–Trinajstić information content (AvgIpc) is 3.02. The highest BCUT2D eigenvalue weighted by Crippen LogP contribution is 2.44. The van der Waals surface area contributed by atoms with Crippen LogP contribution in [0.5, 0.6) is 0 Å². The Hall–Kier alpha value is -1.02. The molecule has 0 amide bonds. The molecule has 140 valence electrons. The van der Waals surface area contributed by atoms with Crippen molar-refractivity contribution in [1.82, 2.24) is 5.32 Å². The second-order valence-corrected chi connectivity index (χ2v) is 8.18. The zero-order chi connectivity index (χ0) is 18.4. The van der Waals surface area contributed by atoms with Crippen molar-refractivity contribution < 1.29 is 0 Å². The zero-order valence-corrected chi connectivity index (χ0v) is 17.1. The summed E-state index contributed by atoms with van der Waals surface area (Å²) in [6, 6.07) is 15.3. The maximum Gasteiger partial charge on any atom is 0.0595 e. The van der Waals surface area contributed by atoms with E-state index >= 15 is 0 Å². The zero-order valence-electron chi connectivity index (χ0n) is 15.6. The van der Waals surface area contributed by atoms with E-state index in [9.17, 15) is 0 Å². The van der Waals surface area contributed by atoms with E-state index in [4.69, 9.17) is 23.2 Å². The second-order valence-electron chi connectivity index (χ2n) is 7.37. The van der Waals surface area contributed by atoms with Crippen LogP contribution in [-0.4, -0.2) is 6.54 Å². The summed E-state index contributed by atoms with van der Waals surface area (Å²) in [4.78, 5) is 0. The summed E-state index contributed by atoms with van der Waals surface area (Å²) in [6.45, 7) is 3.36. The first-order valence-corrected chi connectivity index (χ1v) is 10.7. The Labute approximate surface area is 168 Å². The second kappa shape index (κ2) is 9.78. The number of benzene rings is 2. The fourth-order valence-electron chi connectivity index (χ4n) is 4.05. The molecule has 0 fully saturated rings. The van der Waals surface area contributed by atoms with Gasteiger partial charge in [0.15, 0.2) is 0 Å². The predicted molar refractivity (Wildman–Crippen MR) is 113 cm³/mol. The molecule has 2 aromatic rings. The quantitative estimate of drug-likeness (QED) is 0.437. The molecule has 1 aliphatic carbocycles. The van der Waals surface area contributed by atoms with E-state index < -0.39 is 0 Å². The van der Waals surface area contributed by atoms with Gasteiger partial charge in [0.2, 0.25) is 0 Å². The summed E-state index contributed by atoms with van der Waals surface area (Å²) in [5.41, 5.74) is 4.12. The number of nitrogens with one attached hydrogen (secondary N) is 1. The Balaban J connectivity index is 1.61. The van der Waals surface area contributed by atoms with Crippen LogP contribution in [0.4, 0.5) is 0 Å². The molecule has 0 radical (unpaired) electrons. The van der Waals surface area contributed by atoms with Crippen LogP contribution in [0.15, 0.2) is 42.5 Å². The van der Waals surface area contributed by atoms with E-state index in [2.05, 4.69) is 42.6 Å². The molecule has 1 N–H and O–H groups in total. The topological polar surface area (TPSA) is 12.0 Å². The van der Waals surface area contributed by atoms with Gasteiger partial charge in [0.25, 0.3) is 0 Å². The lowest BCUT2D eigenvalue weighted by Crippen LogP contribution is -2.20. The van der Waals surface area contributed by atoms with Gasteiger partial charge in [0.1, 0.15) is 0 Å². The molecular formula is C23H29Cl2N. The minimum Gasteiger partial charge on any atom is -0.310 e. The largest absolute Gasteiger partial charge is 0.310 e. The number of unbranched alkanes of at least 4 members (excludes halogenated alkanes) is 5. The Bertz CT molecular complexity index is 713. The first-order chi connectivity index (χ1) is 12.7. The molecule has 0 heterocycles. The summed E-state index contributed by atoms with van der Waals surface area (Å²) in [5.74, 6) is 0.392. The van der Waals surface area contributed by atoms with Crippen LogP contribution < -0.4 is 5.32 Å². The van der Waals surface area contributed by atoms with Crippen LogP contribution in [0, 0.1) is 0 Å². The summed E-state index contributed by atoms with van der Waals surface area (Å²) in [6.07, 6.45) is 9.11. The molecule has 0 bridgehead atoms. The van der Waals surface area contributed by atoms with Crippen LogP contribution >= 0.6 is 23.2 Å². The minimum absolute atomic E-state index is 0.392. The van der Waals surface area contributed by atoms with Gasteiger partial charge in [-0.15, -0.1) is 0 Å². The molecule has 0 aliphatic heterocycles. The third-order valence-electron chi connectivity index (χ3n) is 5.49. The molecule has 0 spiro atoms. The van der Waals surface area contributed by atoms with Crippen LogP contribution in [0.1, 0.15) is 80.5 Å². The van der Waals surface area contributed by atoms with Crippen LogP contribution in [0.25, 0.3) is 0 Å². The van der Waals surface area contributed by atoms with Crippen molar-refractivity contribution in [2.45, 2.75) is 63.8 Å². The van der Waals surface area contributed by atoms with Crippen LogP contribution in [0.3, 0.4) is 0 Å². The van der Waals surface area contributed by atoms with E-state index in [0.717, 1.165) is 13.0 Å². The highest BCUT2D eigenvalue weighted by atomic mass is 35.5. The van der Waals surface area contributed by atoms with Gasteiger partial charge in [0, 0.05) is 12.0 Å². The van der Waals surface area contributed by atoms with Crippen molar-refractivity contribution in [3.05, 3.63) is 69.2 Å². The molecule has 0 saturated heterocycles. The normalized spacial score (nSPS) is 18.9. The highest BCUT2D eigenvalue weighted by Gasteiger charge is 2.31. The monoisotopic (exact) mass is 389 g/mol. The lowest BCUT2D eigenvalue weighted by atomic mass is 9.93. The van der Waals surface area contributed by atoms with Gasteiger partial charge in [-0.1, -0.05) is 92.6 Å². The molecule has 3 heteroatoms. The van der Waals surface area contributed by atoms with E-state index in [1.165, 1.54) is 55.2 Å². The molecule has 1 aliphatic rings. The van der Waals surface area contributed by atoms with Crippen molar-refractivity contribution >= 4 is 23.2 Å². The maximum absolute atomic E-state index is 6.26. The Morgan fingerprint density at radius 1 is 0.885 bits per heavy atom. The molecule has 1 nitrogen and oxygen atoms in total. The summed E-state index contributed by atoms with van der Waals surface area (Å²) in [7, 11) is 0. The van der Waals surface area contributed by atoms with Crippen molar-refractivity contribution in [1.29, 1.82) is 0 Å². The van der Waals surface area contributed by atoms with Gasteiger partial charge < -0.3 is 5.32 Å². The molecule has 0 aromatic heterocycles. The van der Waals surface area contributed by atoms with Gasteiger partial charge in [-0.05, 0) is 48.2 Å². The maximum atomic E-state index is 6.26. The van der Waals surface area contributed by atoms with Gasteiger partial charge in [-0.2, -0.15) is 0 Å². The third-order valence-corrected chi connectivity index (χ3v) is 6.22. The van der Waals surface area contributed by atoms with E-state index in [0.29, 0.717) is 22.0 Å². The first kappa shape index (κ1) is 19.7. The van der Waals surface area contributed by atoms with Crippen LogP contribution in [0.2, 0.25) is 10.0 Å². The smallest absolute Gasteiger partial charge is 0.0595 e. The van der Waals surface area contributed by atoms with E-state index in [1.54, 1.807) is 0 Å². The van der Waals surface area contributed by atoms with Crippen LogP contribution in [-0.2, 0) is 0 Å². The minimum atomic E-state index is 0.392. The average molecular weight is 390 g/mol. The molecule has 0 saturated carbocycles. The Morgan fingerprint density at radius 2 is 1.62 bits per heavy atom. The number of halogens is 2. The van der Waals surface area contributed by atoms with Gasteiger partial charge >= 0.3 is 0 Å². The molecule has 3 rings (SSSR count). The number of hydrogen-bond donors (Lipinski definition) is 1. The van der Waals surface area contributed by atoms with Crippen molar-refractivity contribution in [2.75, 3.05) is 6.54 Å². The predicted octanol–water partition coefficient (Wildman–Crippen LogP) is 7.52. The first-order valence-electron chi connectivity index (χ1n) is 9.98. The SMILES string of the molecule is CCCCCCCCN[C@@H]1C[C@@H](c2ccc(Cl)c(Cl)c2)c2ccccc21. The van der Waals surface area contributed by atoms with Gasteiger partial charge in [0.05, 0.1) is 10.0 Å². The molecule has 2 aromatic carbocycles. The lowest BCUT2D eigenvalue weighted by Gasteiger charge is -2.15. The standard InChI is InChI=1S/C23H29Cl2N/c1-2-3-4-5-6-9-14-26-23-16-20(18-10-7-8-11-19(18)23)17-12-13-21(24)22(25)15-17/h7-8,10-13,15,20,23,26H,2-6,9,14,16H2,1H3/t20-,23+/m0/s1.